The predicted molar refractivity (Wildman–Crippen MR) is 86.4 cm³/mol. The molecule has 0 amide bonds. The third kappa shape index (κ3) is 3.91. The van der Waals surface area contributed by atoms with Gasteiger partial charge in [0.2, 0.25) is 0 Å². The van der Waals surface area contributed by atoms with Crippen molar-refractivity contribution in [2.75, 3.05) is 6.61 Å². The molecule has 0 saturated heterocycles. The van der Waals surface area contributed by atoms with E-state index in [1.54, 1.807) is 29.2 Å². The van der Waals surface area contributed by atoms with Gasteiger partial charge in [-0.1, -0.05) is 44.0 Å². The molecular weight excluding hydrogens is 325 g/mol. The molecule has 1 aromatic heterocycles. The Hall–Kier alpha value is -1.30. The second kappa shape index (κ2) is 6.44. The summed E-state index contributed by atoms with van der Waals surface area (Å²) in [5.41, 5.74) is -1.58. The van der Waals surface area contributed by atoms with E-state index in [4.69, 9.17) is 27.9 Å². The van der Waals surface area contributed by atoms with Crippen molar-refractivity contribution in [2.24, 2.45) is 5.41 Å². The van der Waals surface area contributed by atoms with Crippen molar-refractivity contribution < 1.29 is 9.84 Å². The molecule has 0 fully saturated rings. The summed E-state index contributed by atoms with van der Waals surface area (Å²) >= 11 is 12.0. The number of aromatic nitrogens is 3. The van der Waals surface area contributed by atoms with Gasteiger partial charge in [-0.2, -0.15) is 5.10 Å². The van der Waals surface area contributed by atoms with E-state index >= 15 is 0 Å². The molecule has 120 valence electrons. The molecule has 2 rings (SSSR count). The first-order valence-electron chi connectivity index (χ1n) is 6.84. The summed E-state index contributed by atoms with van der Waals surface area (Å²) in [7, 11) is 0. The lowest BCUT2D eigenvalue weighted by Crippen LogP contribution is -2.51. The molecule has 1 aromatic carbocycles. The van der Waals surface area contributed by atoms with E-state index in [9.17, 15) is 5.11 Å². The Labute approximate surface area is 139 Å². The number of hydrogen-bond donors (Lipinski definition) is 1. The van der Waals surface area contributed by atoms with Gasteiger partial charge in [-0.05, 0) is 23.6 Å². The highest BCUT2D eigenvalue weighted by molar-refractivity contribution is 6.35. The van der Waals surface area contributed by atoms with Crippen molar-refractivity contribution in [1.29, 1.82) is 0 Å². The number of aliphatic hydroxyl groups is 1. The first-order valence-corrected chi connectivity index (χ1v) is 7.59. The van der Waals surface area contributed by atoms with Gasteiger partial charge in [-0.15, -0.1) is 0 Å². The second-order valence-corrected chi connectivity index (χ2v) is 7.08. The van der Waals surface area contributed by atoms with Crippen molar-refractivity contribution in [1.82, 2.24) is 14.8 Å². The first kappa shape index (κ1) is 17.1. The number of benzene rings is 1. The minimum absolute atomic E-state index is 0.0672. The molecule has 7 heteroatoms. The summed E-state index contributed by atoms with van der Waals surface area (Å²) in [5.74, 6) is 0.479. The van der Waals surface area contributed by atoms with Gasteiger partial charge in [0.25, 0.3) is 0 Å². The van der Waals surface area contributed by atoms with E-state index in [1.807, 2.05) is 20.8 Å². The largest absolute Gasteiger partial charge is 0.489 e. The Morgan fingerprint density at radius 3 is 2.55 bits per heavy atom. The minimum atomic E-state index is -1.15. The van der Waals surface area contributed by atoms with Crippen LogP contribution in [0, 0.1) is 5.41 Å². The summed E-state index contributed by atoms with van der Waals surface area (Å²) in [6, 6.07) is 4.98. The van der Waals surface area contributed by atoms with Gasteiger partial charge in [-0.3, -0.25) is 0 Å². The Bertz CT molecular complexity index is 626. The van der Waals surface area contributed by atoms with Crippen LogP contribution in [-0.4, -0.2) is 32.1 Å². The third-order valence-corrected chi connectivity index (χ3v) is 4.18. The molecule has 0 aliphatic rings. The molecule has 0 spiro atoms. The number of halogens is 2. The summed E-state index contributed by atoms with van der Waals surface area (Å²) in [6.45, 7) is 6.16. The topological polar surface area (TPSA) is 60.2 Å². The number of hydrogen-bond acceptors (Lipinski definition) is 4. The molecule has 5 nitrogen and oxygen atoms in total. The van der Waals surface area contributed by atoms with Gasteiger partial charge >= 0.3 is 0 Å². The average Bonchev–Trinajstić information content (AvgIpc) is 2.89. The van der Waals surface area contributed by atoms with Crippen molar-refractivity contribution >= 4 is 23.2 Å². The van der Waals surface area contributed by atoms with Gasteiger partial charge in [0.1, 0.15) is 30.6 Å². The highest BCUT2D eigenvalue weighted by atomic mass is 35.5. The Kier molecular flexibility index (Phi) is 5.00. The smallest absolute Gasteiger partial charge is 0.138 e. The molecule has 0 saturated carbocycles. The van der Waals surface area contributed by atoms with Crippen LogP contribution < -0.4 is 4.74 Å². The van der Waals surface area contributed by atoms with Crippen LogP contribution in [0.15, 0.2) is 30.9 Å². The van der Waals surface area contributed by atoms with Crippen LogP contribution in [0.4, 0.5) is 0 Å². The van der Waals surface area contributed by atoms with Crippen LogP contribution in [0.2, 0.25) is 10.0 Å². The highest BCUT2D eigenvalue weighted by Gasteiger charge is 2.41. The van der Waals surface area contributed by atoms with Crippen LogP contribution in [-0.2, 0) is 6.54 Å². The monoisotopic (exact) mass is 343 g/mol. The van der Waals surface area contributed by atoms with Gasteiger partial charge in [0.05, 0.1) is 11.6 Å². The lowest BCUT2D eigenvalue weighted by Gasteiger charge is -2.39. The zero-order chi connectivity index (χ0) is 16.4. The van der Waals surface area contributed by atoms with Crippen LogP contribution >= 0.6 is 23.2 Å². The van der Waals surface area contributed by atoms with Crippen molar-refractivity contribution in [3.05, 3.63) is 40.9 Å². The molecule has 2 aromatic rings. The molecule has 1 atom stereocenters. The molecular formula is C15H19Cl2N3O2. The fraction of sp³-hybridized carbons (Fsp3) is 0.467. The fourth-order valence-electron chi connectivity index (χ4n) is 1.87. The highest BCUT2D eigenvalue weighted by Crippen LogP contribution is 2.34. The standard InChI is InChI=1S/C15H19Cl2N3O2/c1-14(2,3)15(21,7-20-10-18-9-19-20)8-22-13-5-4-11(16)6-12(13)17/h4-6,9-10,21H,7-8H2,1-3H3. The predicted octanol–water partition coefficient (Wildman–Crippen LogP) is 3.44. The quantitative estimate of drug-likeness (QED) is 0.903. The van der Waals surface area contributed by atoms with Gasteiger partial charge in [0, 0.05) is 5.02 Å². The third-order valence-electron chi connectivity index (χ3n) is 3.65. The molecule has 22 heavy (non-hydrogen) atoms. The summed E-state index contributed by atoms with van der Waals surface area (Å²) in [5, 5.41) is 16.0. The van der Waals surface area contributed by atoms with E-state index in [0.29, 0.717) is 15.8 Å². The van der Waals surface area contributed by atoms with Gasteiger partial charge in [0.15, 0.2) is 0 Å². The lowest BCUT2D eigenvalue weighted by molar-refractivity contribution is -0.101. The van der Waals surface area contributed by atoms with Gasteiger partial charge in [-0.25, -0.2) is 9.67 Å². The zero-order valence-corrected chi connectivity index (χ0v) is 14.3. The van der Waals surface area contributed by atoms with E-state index in [0.717, 1.165) is 0 Å². The fourth-order valence-corrected chi connectivity index (χ4v) is 2.33. The first-order chi connectivity index (χ1) is 10.2. The maximum Gasteiger partial charge on any atom is 0.138 e. The maximum atomic E-state index is 11.0. The second-order valence-electron chi connectivity index (χ2n) is 6.24. The zero-order valence-electron chi connectivity index (χ0n) is 12.8. The molecule has 0 aliphatic heterocycles. The molecule has 0 radical (unpaired) electrons. The summed E-state index contributed by atoms with van der Waals surface area (Å²) in [6.07, 6.45) is 2.99. The van der Waals surface area contributed by atoms with Crippen LogP contribution in [0.5, 0.6) is 5.75 Å². The van der Waals surface area contributed by atoms with Crippen LogP contribution in [0.3, 0.4) is 0 Å². The Balaban J connectivity index is 2.16. The van der Waals surface area contributed by atoms with E-state index in [-0.39, 0.29) is 13.2 Å². The number of ether oxygens (including phenoxy) is 1. The van der Waals surface area contributed by atoms with Crippen molar-refractivity contribution in [3.8, 4) is 5.75 Å². The van der Waals surface area contributed by atoms with Gasteiger partial charge < -0.3 is 9.84 Å². The molecule has 0 bridgehead atoms. The minimum Gasteiger partial charge on any atom is -0.489 e. The number of rotatable bonds is 5. The van der Waals surface area contributed by atoms with E-state index < -0.39 is 11.0 Å². The molecule has 1 heterocycles. The summed E-state index contributed by atoms with van der Waals surface area (Å²) in [4.78, 5) is 3.89. The molecule has 0 aliphatic carbocycles. The summed E-state index contributed by atoms with van der Waals surface area (Å²) < 4.78 is 7.31. The average molecular weight is 344 g/mol. The van der Waals surface area contributed by atoms with Crippen LogP contribution in [0.1, 0.15) is 20.8 Å². The number of nitrogens with zero attached hydrogens (tertiary/aromatic N) is 3. The lowest BCUT2D eigenvalue weighted by atomic mass is 9.77. The Morgan fingerprint density at radius 2 is 2.00 bits per heavy atom. The van der Waals surface area contributed by atoms with E-state index in [1.165, 1.54) is 6.33 Å². The van der Waals surface area contributed by atoms with E-state index in [2.05, 4.69) is 10.1 Å². The van der Waals surface area contributed by atoms with Crippen molar-refractivity contribution in [2.45, 2.75) is 32.9 Å². The maximum absolute atomic E-state index is 11.0. The van der Waals surface area contributed by atoms with Crippen LogP contribution in [0.25, 0.3) is 0 Å². The molecule has 1 N–H and O–H groups in total. The van der Waals surface area contributed by atoms with Crippen molar-refractivity contribution in [3.63, 3.8) is 0 Å². The Morgan fingerprint density at radius 1 is 1.27 bits per heavy atom. The normalized spacial score (nSPS) is 14.6. The SMILES string of the molecule is CC(C)(C)C(O)(COc1ccc(Cl)cc1Cl)Cn1cncn1. The molecule has 1 unspecified atom stereocenters.